The van der Waals surface area contributed by atoms with Gasteiger partial charge in [-0.25, -0.2) is 19.2 Å². The van der Waals surface area contributed by atoms with Crippen LogP contribution in [0.1, 0.15) is 12.0 Å². The third-order valence-corrected chi connectivity index (χ3v) is 4.73. The van der Waals surface area contributed by atoms with Gasteiger partial charge in [0, 0.05) is 51.7 Å². The molecule has 0 saturated carbocycles. The molecule has 2 heterocycles. The Kier molecular flexibility index (Phi) is 7.54. The zero-order valence-corrected chi connectivity index (χ0v) is 16.0. The maximum atomic E-state index is 13.1. The molecule has 1 saturated heterocycles. The van der Waals surface area contributed by atoms with Crippen molar-refractivity contribution in [3.8, 4) is 0 Å². The van der Waals surface area contributed by atoms with Crippen molar-refractivity contribution in [2.45, 2.75) is 12.8 Å². The van der Waals surface area contributed by atoms with Crippen LogP contribution in [0.5, 0.6) is 0 Å². The highest BCUT2D eigenvalue weighted by Crippen LogP contribution is 2.09. The van der Waals surface area contributed by atoms with Crippen LogP contribution >= 0.6 is 0 Å². The normalized spacial score (nSPS) is 14.7. The number of carbonyl (C=O) groups excluding carboxylic acids is 1. The number of nitrogens with zero attached hydrogens (tertiary/aromatic N) is 4. The minimum Gasteiger partial charge on any atom is -0.338 e. The van der Waals surface area contributed by atoms with Gasteiger partial charge in [0.2, 0.25) is 5.95 Å². The van der Waals surface area contributed by atoms with Crippen molar-refractivity contribution in [3.05, 3.63) is 54.1 Å². The van der Waals surface area contributed by atoms with E-state index in [2.05, 4.69) is 30.4 Å². The highest BCUT2D eigenvalue weighted by Gasteiger charge is 2.18. The summed E-state index contributed by atoms with van der Waals surface area (Å²) in [4.78, 5) is 25.0. The van der Waals surface area contributed by atoms with Crippen LogP contribution in [0.25, 0.3) is 0 Å². The number of nitrogens with one attached hydrogen (secondary N) is 2. The van der Waals surface area contributed by atoms with E-state index in [-0.39, 0.29) is 11.8 Å². The van der Waals surface area contributed by atoms with Crippen LogP contribution in [0, 0.1) is 5.82 Å². The molecule has 7 nitrogen and oxygen atoms in total. The maximum absolute atomic E-state index is 13.1. The smallest absolute Gasteiger partial charge is 0.314 e. The molecule has 28 heavy (non-hydrogen) atoms. The van der Waals surface area contributed by atoms with Crippen LogP contribution in [0.3, 0.4) is 0 Å². The Morgan fingerprint density at radius 2 is 1.79 bits per heavy atom. The number of aromatic nitrogens is 2. The Morgan fingerprint density at radius 3 is 2.54 bits per heavy atom. The summed E-state index contributed by atoms with van der Waals surface area (Å²) >= 11 is 0. The summed E-state index contributed by atoms with van der Waals surface area (Å²) in [6.45, 7) is 5.84. The van der Waals surface area contributed by atoms with Gasteiger partial charge < -0.3 is 15.5 Å². The SMILES string of the molecule is O=C(NCCCN1CCN(c2ncccn2)CC1)NCCc1cccc(F)c1. The number of carbonyl (C=O) groups is 1. The van der Waals surface area contributed by atoms with Gasteiger partial charge in [0.25, 0.3) is 0 Å². The Hall–Kier alpha value is -2.74. The summed E-state index contributed by atoms with van der Waals surface area (Å²) in [5.74, 6) is 0.540. The van der Waals surface area contributed by atoms with Crippen LogP contribution in [0.4, 0.5) is 15.1 Å². The molecule has 2 aromatic rings. The van der Waals surface area contributed by atoms with Gasteiger partial charge in [0.05, 0.1) is 0 Å². The van der Waals surface area contributed by atoms with Crippen LogP contribution in [0.15, 0.2) is 42.7 Å². The monoisotopic (exact) mass is 386 g/mol. The van der Waals surface area contributed by atoms with Gasteiger partial charge in [-0.05, 0) is 43.1 Å². The fourth-order valence-corrected chi connectivity index (χ4v) is 3.21. The fourth-order valence-electron chi connectivity index (χ4n) is 3.21. The first-order valence-corrected chi connectivity index (χ1v) is 9.71. The zero-order valence-electron chi connectivity index (χ0n) is 16.0. The highest BCUT2D eigenvalue weighted by atomic mass is 19.1. The van der Waals surface area contributed by atoms with Crippen LogP contribution in [0.2, 0.25) is 0 Å². The lowest BCUT2D eigenvalue weighted by molar-refractivity contribution is 0.236. The second kappa shape index (κ2) is 10.6. The zero-order chi connectivity index (χ0) is 19.6. The number of halogens is 1. The fraction of sp³-hybridized carbons (Fsp3) is 0.450. The number of hydrogen-bond donors (Lipinski definition) is 2. The molecule has 150 valence electrons. The predicted octanol–water partition coefficient (Wildman–Crippen LogP) is 1.67. The highest BCUT2D eigenvalue weighted by molar-refractivity contribution is 5.73. The first-order chi connectivity index (χ1) is 13.7. The Bertz CT molecular complexity index is 736. The van der Waals surface area contributed by atoms with Crippen molar-refractivity contribution in [1.29, 1.82) is 0 Å². The van der Waals surface area contributed by atoms with E-state index < -0.39 is 0 Å². The summed E-state index contributed by atoms with van der Waals surface area (Å²) in [6.07, 6.45) is 5.05. The molecule has 1 aromatic heterocycles. The second-order valence-corrected chi connectivity index (χ2v) is 6.79. The quantitative estimate of drug-likeness (QED) is 0.675. The minimum atomic E-state index is -0.251. The molecule has 1 aromatic carbocycles. The Labute approximate surface area is 165 Å². The lowest BCUT2D eigenvalue weighted by atomic mass is 10.1. The number of piperazine rings is 1. The number of anilines is 1. The number of urea groups is 1. The maximum Gasteiger partial charge on any atom is 0.314 e. The van der Waals surface area contributed by atoms with E-state index in [9.17, 15) is 9.18 Å². The molecule has 0 radical (unpaired) electrons. The summed E-state index contributed by atoms with van der Waals surface area (Å²) in [5.41, 5.74) is 0.875. The van der Waals surface area contributed by atoms with Crippen LogP contribution in [-0.2, 0) is 6.42 Å². The number of benzene rings is 1. The number of hydrogen-bond acceptors (Lipinski definition) is 5. The molecule has 2 N–H and O–H groups in total. The van der Waals surface area contributed by atoms with Crippen molar-refractivity contribution >= 4 is 12.0 Å². The van der Waals surface area contributed by atoms with Gasteiger partial charge in [-0.1, -0.05) is 12.1 Å². The topological polar surface area (TPSA) is 73.4 Å². The average Bonchev–Trinajstić information content (AvgIpc) is 2.72. The average molecular weight is 386 g/mol. The molecule has 2 amide bonds. The molecule has 1 aliphatic heterocycles. The largest absolute Gasteiger partial charge is 0.338 e. The number of rotatable bonds is 8. The third-order valence-electron chi connectivity index (χ3n) is 4.73. The molecule has 3 rings (SSSR count). The molecule has 8 heteroatoms. The van der Waals surface area contributed by atoms with Crippen LogP contribution in [-0.4, -0.2) is 66.7 Å². The van der Waals surface area contributed by atoms with Gasteiger partial charge in [-0.15, -0.1) is 0 Å². The predicted molar refractivity (Wildman–Crippen MR) is 107 cm³/mol. The van der Waals surface area contributed by atoms with Crippen LogP contribution < -0.4 is 15.5 Å². The molecule has 1 fully saturated rings. The van der Waals surface area contributed by atoms with E-state index in [1.807, 2.05) is 12.1 Å². The molecular weight excluding hydrogens is 359 g/mol. The van der Waals surface area contributed by atoms with Crippen molar-refractivity contribution < 1.29 is 9.18 Å². The van der Waals surface area contributed by atoms with Gasteiger partial charge >= 0.3 is 6.03 Å². The number of amides is 2. The molecule has 0 atom stereocenters. The molecule has 0 unspecified atom stereocenters. The van der Waals surface area contributed by atoms with Gasteiger partial charge in [0.15, 0.2) is 0 Å². The van der Waals surface area contributed by atoms with E-state index in [1.165, 1.54) is 12.1 Å². The second-order valence-electron chi connectivity index (χ2n) is 6.79. The van der Waals surface area contributed by atoms with E-state index >= 15 is 0 Å². The van der Waals surface area contributed by atoms with Crippen molar-refractivity contribution in [2.24, 2.45) is 0 Å². The third kappa shape index (κ3) is 6.45. The molecular formula is C20H27FN6O. The Balaban J connectivity index is 1.23. The van der Waals surface area contributed by atoms with Crippen molar-refractivity contribution in [1.82, 2.24) is 25.5 Å². The lowest BCUT2D eigenvalue weighted by Gasteiger charge is -2.34. The van der Waals surface area contributed by atoms with Gasteiger partial charge in [-0.2, -0.15) is 0 Å². The molecule has 1 aliphatic rings. The van der Waals surface area contributed by atoms with E-state index in [0.717, 1.165) is 50.7 Å². The Morgan fingerprint density at radius 1 is 1.04 bits per heavy atom. The van der Waals surface area contributed by atoms with Crippen molar-refractivity contribution in [2.75, 3.05) is 50.7 Å². The molecule has 0 spiro atoms. The molecule has 0 bridgehead atoms. The summed E-state index contributed by atoms with van der Waals surface area (Å²) in [6, 6.07) is 8.08. The standard InChI is InChI=1S/C20H27FN6O/c21-18-5-1-4-17(16-18)6-10-25-20(28)24-9-3-11-26-12-14-27(15-13-26)19-22-7-2-8-23-19/h1-2,4-5,7-8,16H,3,6,9-15H2,(H2,24,25,28). The summed E-state index contributed by atoms with van der Waals surface area (Å²) < 4.78 is 13.1. The van der Waals surface area contributed by atoms with E-state index in [4.69, 9.17) is 0 Å². The minimum absolute atomic E-state index is 0.178. The van der Waals surface area contributed by atoms with Crippen molar-refractivity contribution in [3.63, 3.8) is 0 Å². The summed E-state index contributed by atoms with van der Waals surface area (Å²) in [7, 11) is 0. The van der Waals surface area contributed by atoms with E-state index in [0.29, 0.717) is 19.5 Å². The first-order valence-electron chi connectivity index (χ1n) is 9.71. The first kappa shape index (κ1) is 20.0. The van der Waals surface area contributed by atoms with Gasteiger partial charge in [-0.3, -0.25) is 4.90 Å². The van der Waals surface area contributed by atoms with Gasteiger partial charge in [0.1, 0.15) is 5.82 Å². The molecule has 0 aliphatic carbocycles. The van der Waals surface area contributed by atoms with E-state index in [1.54, 1.807) is 18.5 Å². The lowest BCUT2D eigenvalue weighted by Crippen LogP contribution is -2.47. The summed E-state index contributed by atoms with van der Waals surface area (Å²) in [5, 5.41) is 5.68.